The number of carbonyl (C=O) groups is 2. The Hall–Kier alpha value is -3.23. The van der Waals surface area contributed by atoms with Gasteiger partial charge < -0.3 is 20.3 Å². The first-order valence-corrected chi connectivity index (χ1v) is 10.1. The van der Waals surface area contributed by atoms with E-state index in [4.69, 9.17) is 10.5 Å². The Labute approximate surface area is 176 Å². The van der Waals surface area contributed by atoms with Crippen molar-refractivity contribution < 1.29 is 14.3 Å². The molecular weight excluding hydrogens is 384 g/mol. The minimum atomic E-state index is -0.523. The van der Waals surface area contributed by atoms with Crippen LogP contribution in [0.25, 0.3) is 0 Å². The van der Waals surface area contributed by atoms with Gasteiger partial charge in [-0.2, -0.15) is 15.0 Å². The fourth-order valence-electron chi connectivity index (χ4n) is 3.28. The summed E-state index contributed by atoms with van der Waals surface area (Å²) in [6.07, 6.45) is 3.43. The molecule has 1 aliphatic heterocycles. The van der Waals surface area contributed by atoms with E-state index in [2.05, 4.69) is 21.9 Å². The molecule has 1 saturated heterocycles. The second kappa shape index (κ2) is 9.51. The van der Waals surface area contributed by atoms with Crippen molar-refractivity contribution in [2.45, 2.75) is 39.2 Å². The van der Waals surface area contributed by atoms with Gasteiger partial charge in [-0.25, -0.2) is 0 Å². The zero-order valence-corrected chi connectivity index (χ0v) is 17.7. The Balaban J connectivity index is 1.58. The van der Waals surface area contributed by atoms with Crippen molar-refractivity contribution in [3.63, 3.8) is 0 Å². The molecule has 0 spiro atoms. The van der Waals surface area contributed by atoms with E-state index in [0.717, 1.165) is 24.9 Å². The maximum Gasteiger partial charge on any atom is 0.311 e. The van der Waals surface area contributed by atoms with Crippen LogP contribution in [0.5, 0.6) is 0 Å². The van der Waals surface area contributed by atoms with Gasteiger partial charge in [-0.1, -0.05) is 25.5 Å². The van der Waals surface area contributed by atoms with Gasteiger partial charge in [0.15, 0.2) is 12.4 Å². The molecule has 1 aliphatic rings. The fraction of sp³-hybridized carbons (Fsp3) is 0.476. The van der Waals surface area contributed by atoms with Crippen LogP contribution in [0.3, 0.4) is 0 Å². The maximum atomic E-state index is 12.5. The molecule has 160 valence electrons. The van der Waals surface area contributed by atoms with Crippen LogP contribution in [0.2, 0.25) is 0 Å². The van der Waals surface area contributed by atoms with Crippen LogP contribution in [0.15, 0.2) is 24.3 Å². The Morgan fingerprint density at radius 1 is 1.23 bits per heavy atom. The van der Waals surface area contributed by atoms with Crippen LogP contribution in [0.1, 0.15) is 37.6 Å². The van der Waals surface area contributed by atoms with Crippen LogP contribution in [-0.2, 0) is 27.4 Å². The van der Waals surface area contributed by atoms with E-state index in [1.54, 1.807) is 23.9 Å². The van der Waals surface area contributed by atoms with Crippen LogP contribution in [-0.4, -0.2) is 47.5 Å². The van der Waals surface area contributed by atoms with Gasteiger partial charge in [0.1, 0.15) is 0 Å². The summed E-state index contributed by atoms with van der Waals surface area (Å²) >= 11 is 0. The number of carbonyl (C=O) groups excluding carboxylic acids is 2. The molecule has 1 amide bonds. The molecule has 3 rings (SSSR count). The molecule has 2 aromatic rings. The summed E-state index contributed by atoms with van der Waals surface area (Å²) in [7, 11) is 3.55. The number of unbranched alkanes of at least 4 members (excludes halogenated alkanes) is 1. The van der Waals surface area contributed by atoms with E-state index < -0.39 is 11.9 Å². The summed E-state index contributed by atoms with van der Waals surface area (Å²) in [5, 5.41) is 0. The minimum Gasteiger partial charge on any atom is -0.457 e. The number of amides is 1. The van der Waals surface area contributed by atoms with E-state index in [9.17, 15) is 9.59 Å². The highest BCUT2D eigenvalue weighted by Crippen LogP contribution is 2.26. The highest BCUT2D eigenvalue weighted by Gasteiger charge is 2.36. The lowest BCUT2D eigenvalue weighted by atomic mass is 10.1. The van der Waals surface area contributed by atoms with Gasteiger partial charge in [0, 0.05) is 32.7 Å². The number of benzene rings is 1. The third-order valence-corrected chi connectivity index (χ3v) is 4.96. The molecule has 1 fully saturated rings. The Bertz CT molecular complexity index is 900. The number of nitrogen functional groups attached to an aromatic ring is 1. The lowest BCUT2D eigenvalue weighted by molar-refractivity contribution is -0.149. The molecular formula is C21H28N6O3. The molecule has 0 saturated carbocycles. The van der Waals surface area contributed by atoms with Crippen molar-refractivity contribution in [3.8, 4) is 0 Å². The Kier molecular flexibility index (Phi) is 6.81. The standard InChI is InChI=1S/C21H28N6O3/c1-4-5-6-14-7-9-16(10-8-14)27-12-15(11-18(27)28)19(29)30-13-17-23-20(22)25-21(24-17)26(2)3/h7-10,15H,4-6,11-13H2,1-3H3,(H2,22,23,24,25)/t15-/m0/s1. The third-order valence-electron chi connectivity index (χ3n) is 4.96. The van der Waals surface area contributed by atoms with Crippen molar-refractivity contribution in [1.29, 1.82) is 0 Å². The molecule has 1 atom stereocenters. The number of rotatable bonds is 8. The quantitative estimate of drug-likeness (QED) is 0.655. The summed E-state index contributed by atoms with van der Waals surface area (Å²) in [6, 6.07) is 7.95. The van der Waals surface area contributed by atoms with Gasteiger partial charge in [0.2, 0.25) is 17.8 Å². The van der Waals surface area contributed by atoms with Crippen molar-refractivity contribution in [2.75, 3.05) is 36.2 Å². The number of ether oxygens (including phenoxy) is 1. The summed E-state index contributed by atoms with van der Waals surface area (Å²) in [6.45, 7) is 2.34. The molecule has 0 aliphatic carbocycles. The first-order valence-electron chi connectivity index (χ1n) is 10.1. The van der Waals surface area contributed by atoms with Gasteiger partial charge in [0.25, 0.3) is 0 Å². The van der Waals surface area contributed by atoms with Gasteiger partial charge in [0.05, 0.1) is 5.92 Å². The summed E-state index contributed by atoms with van der Waals surface area (Å²) in [4.78, 5) is 40.5. The number of hydrogen-bond donors (Lipinski definition) is 1. The van der Waals surface area contributed by atoms with Crippen LogP contribution in [0.4, 0.5) is 17.6 Å². The van der Waals surface area contributed by atoms with E-state index in [-0.39, 0.29) is 30.7 Å². The number of hydrogen-bond acceptors (Lipinski definition) is 8. The average molecular weight is 412 g/mol. The second-order valence-electron chi connectivity index (χ2n) is 7.59. The van der Waals surface area contributed by atoms with E-state index in [1.807, 2.05) is 24.3 Å². The normalized spacial score (nSPS) is 16.0. The van der Waals surface area contributed by atoms with Gasteiger partial charge in [-0.15, -0.1) is 0 Å². The largest absolute Gasteiger partial charge is 0.457 e. The molecule has 0 bridgehead atoms. The lowest BCUT2D eigenvalue weighted by Gasteiger charge is -2.17. The molecule has 1 aromatic carbocycles. The monoisotopic (exact) mass is 412 g/mol. The lowest BCUT2D eigenvalue weighted by Crippen LogP contribution is -2.26. The van der Waals surface area contributed by atoms with E-state index in [0.29, 0.717) is 12.5 Å². The number of aromatic nitrogens is 3. The van der Waals surface area contributed by atoms with Gasteiger partial charge in [-0.05, 0) is 30.5 Å². The van der Waals surface area contributed by atoms with Crippen LogP contribution in [0, 0.1) is 5.92 Å². The number of anilines is 3. The predicted molar refractivity (Wildman–Crippen MR) is 114 cm³/mol. The van der Waals surface area contributed by atoms with Crippen molar-refractivity contribution in [1.82, 2.24) is 15.0 Å². The molecule has 2 N–H and O–H groups in total. The number of nitrogens with two attached hydrogens (primary N) is 1. The smallest absolute Gasteiger partial charge is 0.311 e. The third kappa shape index (κ3) is 5.22. The van der Waals surface area contributed by atoms with E-state index >= 15 is 0 Å². The SMILES string of the molecule is CCCCc1ccc(N2C[C@@H](C(=O)OCc3nc(N)nc(N(C)C)n3)CC2=O)cc1. The Morgan fingerprint density at radius 3 is 2.63 bits per heavy atom. The summed E-state index contributed by atoms with van der Waals surface area (Å²) in [5.74, 6) is -0.343. The molecule has 30 heavy (non-hydrogen) atoms. The first kappa shape index (κ1) is 21.5. The highest BCUT2D eigenvalue weighted by molar-refractivity contribution is 5.99. The number of aryl methyl sites for hydroxylation is 1. The first-order chi connectivity index (χ1) is 14.4. The van der Waals surface area contributed by atoms with Gasteiger partial charge in [-0.3, -0.25) is 9.59 Å². The molecule has 9 nitrogen and oxygen atoms in total. The zero-order chi connectivity index (χ0) is 21.7. The summed E-state index contributed by atoms with van der Waals surface area (Å²) < 4.78 is 5.35. The Morgan fingerprint density at radius 2 is 1.97 bits per heavy atom. The number of nitrogens with zero attached hydrogens (tertiary/aromatic N) is 5. The molecule has 2 heterocycles. The van der Waals surface area contributed by atoms with E-state index in [1.165, 1.54) is 5.56 Å². The van der Waals surface area contributed by atoms with Crippen molar-refractivity contribution in [3.05, 3.63) is 35.7 Å². The maximum absolute atomic E-state index is 12.5. The molecule has 0 radical (unpaired) electrons. The highest BCUT2D eigenvalue weighted by atomic mass is 16.5. The molecule has 0 unspecified atom stereocenters. The average Bonchev–Trinajstić information content (AvgIpc) is 3.12. The predicted octanol–water partition coefficient (Wildman–Crippen LogP) is 1.96. The van der Waals surface area contributed by atoms with Crippen LogP contribution >= 0.6 is 0 Å². The summed E-state index contributed by atoms with van der Waals surface area (Å²) in [5.41, 5.74) is 7.73. The zero-order valence-electron chi connectivity index (χ0n) is 17.7. The molecule has 1 aromatic heterocycles. The second-order valence-corrected chi connectivity index (χ2v) is 7.59. The number of esters is 1. The van der Waals surface area contributed by atoms with Crippen LogP contribution < -0.4 is 15.5 Å². The molecule has 9 heteroatoms. The van der Waals surface area contributed by atoms with Gasteiger partial charge >= 0.3 is 5.97 Å². The topological polar surface area (TPSA) is 115 Å². The van der Waals surface area contributed by atoms with Crippen molar-refractivity contribution >= 4 is 29.5 Å². The van der Waals surface area contributed by atoms with Crippen molar-refractivity contribution in [2.24, 2.45) is 5.92 Å². The fourth-order valence-corrected chi connectivity index (χ4v) is 3.28. The minimum absolute atomic E-state index is 0.0596.